The Morgan fingerprint density at radius 1 is 1.36 bits per heavy atom. The molecule has 0 unspecified atom stereocenters. The van der Waals surface area contributed by atoms with Crippen LogP contribution in [-0.2, 0) is 11.2 Å². The highest BCUT2D eigenvalue weighted by atomic mass is 127. The van der Waals surface area contributed by atoms with Gasteiger partial charge in [0.1, 0.15) is 0 Å². The van der Waals surface area contributed by atoms with E-state index in [1.165, 1.54) is 5.56 Å². The lowest BCUT2D eigenvalue weighted by Gasteiger charge is -2.15. The molecule has 2 N–H and O–H groups in total. The first-order valence-electron chi connectivity index (χ1n) is 8.73. The first-order valence-corrected chi connectivity index (χ1v) is 9.11. The van der Waals surface area contributed by atoms with E-state index in [2.05, 4.69) is 28.6 Å². The predicted molar refractivity (Wildman–Crippen MR) is 115 cm³/mol. The molecule has 1 saturated heterocycles. The van der Waals surface area contributed by atoms with Gasteiger partial charge in [-0.2, -0.15) is 0 Å². The van der Waals surface area contributed by atoms with E-state index in [4.69, 9.17) is 11.6 Å². The fraction of sp³-hybridized carbons (Fsp3) is 0.556. The third-order valence-electron chi connectivity index (χ3n) is 3.97. The third-order valence-corrected chi connectivity index (χ3v) is 4.20. The maximum absolute atomic E-state index is 11.6. The highest BCUT2D eigenvalue weighted by Crippen LogP contribution is 2.11. The summed E-state index contributed by atoms with van der Waals surface area (Å²) in [7, 11) is 0. The van der Waals surface area contributed by atoms with E-state index in [0.29, 0.717) is 6.42 Å². The fourth-order valence-corrected chi connectivity index (χ4v) is 2.97. The molecule has 0 bridgehead atoms. The van der Waals surface area contributed by atoms with Crippen molar-refractivity contribution in [1.29, 1.82) is 0 Å². The van der Waals surface area contributed by atoms with E-state index in [0.717, 1.165) is 63.0 Å². The minimum Gasteiger partial charge on any atom is -0.357 e. The zero-order valence-electron chi connectivity index (χ0n) is 14.8. The van der Waals surface area contributed by atoms with Gasteiger partial charge in [0.05, 0.1) is 0 Å². The highest BCUT2D eigenvalue weighted by molar-refractivity contribution is 14.0. The van der Waals surface area contributed by atoms with Crippen molar-refractivity contribution in [3.05, 3.63) is 34.9 Å². The molecule has 1 aliphatic heterocycles. The number of amides is 1. The van der Waals surface area contributed by atoms with E-state index in [-0.39, 0.29) is 29.9 Å². The number of nitrogens with one attached hydrogen (secondary N) is 2. The van der Waals surface area contributed by atoms with Gasteiger partial charge in [0.15, 0.2) is 5.96 Å². The van der Waals surface area contributed by atoms with Gasteiger partial charge in [0, 0.05) is 44.2 Å². The van der Waals surface area contributed by atoms with Crippen LogP contribution in [0.1, 0.15) is 31.7 Å². The van der Waals surface area contributed by atoms with Crippen molar-refractivity contribution in [3.63, 3.8) is 0 Å². The molecule has 0 radical (unpaired) electrons. The van der Waals surface area contributed by atoms with Crippen molar-refractivity contribution < 1.29 is 4.79 Å². The van der Waals surface area contributed by atoms with Crippen molar-refractivity contribution in [2.45, 2.75) is 32.6 Å². The van der Waals surface area contributed by atoms with Gasteiger partial charge >= 0.3 is 0 Å². The molecule has 1 amide bonds. The molecule has 25 heavy (non-hydrogen) atoms. The second kappa shape index (κ2) is 12.4. The largest absolute Gasteiger partial charge is 0.357 e. The predicted octanol–water partition coefficient (Wildman–Crippen LogP) is 3.07. The van der Waals surface area contributed by atoms with Crippen molar-refractivity contribution >= 4 is 47.4 Å². The average molecular weight is 479 g/mol. The summed E-state index contributed by atoms with van der Waals surface area (Å²) in [5.41, 5.74) is 1.21. The first-order chi connectivity index (χ1) is 11.7. The summed E-state index contributed by atoms with van der Waals surface area (Å²) in [5, 5.41) is 7.36. The maximum atomic E-state index is 11.6. The number of hydrogen-bond donors (Lipinski definition) is 2. The van der Waals surface area contributed by atoms with Crippen LogP contribution in [-0.4, -0.2) is 49.5 Å². The standard InChI is InChI=1S/C18H27ClN4O.HI/c1-2-20-18(21-10-5-13-23-12-4-8-17(23)24)22-11-9-15-6-3-7-16(19)14-15;/h3,6-7,14H,2,4-5,8-13H2,1H3,(H2,20,21,22);1H. The number of carbonyl (C=O) groups is 1. The van der Waals surface area contributed by atoms with Crippen LogP contribution in [0.2, 0.25) is 5.02 Å². The van der Waals surface area contributed by atoms with Crippen LogP contribution >= 0.6 is 35.6 Å². The smallest absolute Gasteiger partial charge is 0.222 e. The molecule has 5 nitrogen and oxygen atoms in total. The monoisotopic (exact) mass is 478 g/mol. The van der Waals surface area contributed by atoms with Gasteiger partial charge in [-0.25, -0.2) is 0 Å². The van der Waals surface area contributed by atoms with Gasteiger partial charge in [-0.15, -0.1) is 24.0 Å². The summed E-state index contributed by atoms with van der Waals surface area (Å²) in [6, 6.07) is 7.91. The van der Waals surface area contributed by atoms with Crippen LogP contribution in [0.3, 0.4) is 0 Å². The molecule has 1 aromatic rings. The van der Waals surface area contributed by atoms with Crippen LogP contribution < -0.4 is 10.6 Å². The van der Waals surface area contributed by atoms with Gasteiger partial charge in [-0.1, -0.05) is 23.7 Å². The average Bonchev–Trinajstić information content (AvgIpc) is 2.97. The molecule has 1 aliphatic rings. The Balaban J connectivity index is 0.00000312. The Bertz CT molecular complexity index is 568. The molecule has 1 aromatic carbocycles. The second-order valence-corrected chi connectivity index (χ2v) is 6.34. The van der Waals surface area contributed by atoms with Crippen molar-refractivity contribution in [2.24, 2.45) is 4.99 Å². The Kier molecular flexibility index (Phi) is 10.9. The summed E-state index contributed by atoms with van der Waals surface area (Å²) in [6.45, 7) is 6.11. The van der Waals surface area contributed by atoms with Crippen LogP contribution in [0.5, 0.6) is 0 Å². The van der Waals surface area contributed by atoms with E-state index in [1.807, 2.05) is 23.1 Å². The highest BCUT2D eigenvalue weighted by Gasteiger charge is 2.18. The van der Waals surface area contributed by atoms with Crippen molar-refractivity contribution in [1.82, 2.24) is 15.5 Å². The lowest BCUT2D eigenvalue weighted by atomic mass is 10.1. The molecule has 140 valence electrons. The minimum atomic E-state index is 0. The Labute approximate surface area is 172 Å². The topological polar surface area (TPSA) is 56.7 Å². The van der Waals surface area contributed by atoms with Crippen molar-refractivity contribution in [3.8, 4) is 0 Å². The number of nitrogens with zero attached hydrogens (tertiary/aromatic N) is 2. The number of likely N-dealkylation sites (tertiary alicyclic amines) is 1. The molecule has 0 saturated carbocycles. The van der Waals surface area contributed by atoms with Crippen LogP contribution in [0, 0.1) is 0 Å². The summed E-state index contributed by atoms with van der Waals surface area (Å²) in [6.07, 6.45) is 3.50. The fourth-order valence-electron chi connectivity index (χ4n) is 2.75. The Hall–Kier alpha value is -1.02. The van der Waals surface area contributed by atoms with Crippen LogP contribution in [0.15, 0.2) is 29.3 Å². The van der Waals surface area contributed by atoms with E-state index >= 15 is 0 Å². The molecule has 1 heterocycles. The molecular formula is C18H28ClIN4O. The molecule has 0 atom stereocenters. The number of rotatable bonds is 8. The maximum Gasteiger partial charge on any atom is 0.222 e. The molecule has 0 aliphatic carbocycles. The van der Waals surface area contributed by atoms with Gasteiger partial charge in [0.25, 0.3) is 0 Å². The summed E-state index contributed by atoms with van der Waals surface area (Å²) < 4.78 is 0. The quantitative estimate of drug-likeness (QED) is 0.261. The minimum absolute atomic E-state index is 0. The van der Waals surface area contributed by atoms with Crippen LogP contribution in [0.25, 0.3) is 0 Å². The lowest BCUT2D eigenvalue weighted by Crippen LogP contribution is -2.38. The molecule has 7 heteroatoms. The summed E-state index contributed by atoms with van der Waals surface area (Å²) in [5.74, 6) is 1.11. The third kappa shape index (κ3) is 8.27. The zero-order valence-corrected chi connectivity index (χ0v) is 17.8. The number of aliphatic imine (C=N–C) groups is 1. The first kappa shape index (κ1) is 22.0. The molecule has 0 spiro atoms. The summed E-state index contributed by atoms with van der Waals surface area (Å²) in [4.78, 5) is 18.1. The number of carbonyl (C=O) groups excluding carboxylic acids is 1. The van der Waals surface area contributed by atoms with Crippen LogP contribution in [0.4, 0.5) is 0 Å². The number of guanidine groups is 1. The molecule has 0 aromatic heterocycles. The molecular weight excluding hydrogens is 451 g/mol. The van der Waals surface area contributed by atoms with Gasteiger partial charge in [-0.3, -0.25) is 9.79 Å². The van der Waals surface area contributed by atoms with Gasteiger partial charge in [0.2, 0.25) is 5.91 Å². The summed E-state index contributed by atoms with van der Waals surface area (Å²) >= 11 is 6.00. The normalized spacial score (nSPS) is 14.4. The number of benzene rings is 1. The lowest BCUT2D eigenvalue weighted by molar-refractivity contribution is -0.127. The second-order valence-electron chi connectivity index (χ2n) is 5.91. The Morgan fingerprint density at radius 2 is 2.20 bits per heavy atom. The number of hydrogen-bond acceptors (Lipinski definition) is 2. The van der Waals surface area contributed by atoms with E-state index in [9.17, 15) is 4.79 Å². The van der Waals surface area contributed by atoms with Gasteiger partial charge < -0.3 is 15.5 Å². The van der Waals surface area contributed by atoms with E-state index < -0.39 is 0 Å². The van der Waals surface area contributed by atoms with Crippen molar-refractivity contribution in [2.75, 3.05) is 32.7 Å². The van der Waals surface area contributed by atoms with E-state index in [1.54, 1.807) is 0 Å². The molecule has 2 rings (SSSR count). The SMILES string of the molecule is CCNC(=NCCCN1CCCC1=O)NCCc1cccc(Cl)c1.I. The van der Waals surface area contributed by atoms with Gasteiger partial charge in [-0.05, 0) is 43.9 Å². The number of halogens is 2. The zero-order chi connectivity index (χ0) is 17.2. The molecule has 1 fully saturated rings. The Morgan fingerprint density at radius 3 is 2.88 bits per heavy atom.